The molecule has 0 saturated heterocycles. The third-order valence-corrected chi connectivity index (χ3v) is 2.29. The third kappa shape index (κ3) is 3.39. The Kier molecular flexibility index (Phi) is 4.29. The Labute approximate surface area is 88.2 Å². The van der Waals surface area contributed by atoms with Crippen LogP contribution in [0.3, 0.4) is 0 Å². The molecule has 13 heavy (non-hydrogen) atoms. The Morgan fingerprint density at radius 1 is 1.31 bits per heavy atom. The molecule has 0 aliphatic rings. The summed E-state index contributed by atoms with van der Waals surface area (Å²) in [6.45, 7) is 5.08. The lowest BCUT2D eigenvalue weighted by Gasteiger charge is -2.11. The molecular formula is C11H15BrO. The highest BCUT2D eigenvalue weighted by molar-refractivity contribution is 9.08. The average molecular weight is 243 g/mol. The highest BCUT2D eigenvalue weighted by atomic mass is 79.9. The van der Waals surface area contributed by atoms with Crippen molar-refractivity contribution in [3.05, 3.63) is 29.8 Å². The molecule has 0 saturated carbocycles. The van der Waals surface area contributed by atoms with Gasteiger partial charge >= 0.3 is 0 Å². The van der Waals surface area contributed by atoms with Crippen molar-refractivity contribution >= 4 is 15.9 Å². The van der Waals surface area contributed by atoms with Gasteiger partial charge < -0.3 is 4.74 Å². The molecule has 0 heterocycles. The minimum absolute atomic E-state index is 0.573. The third-order valence-electron chi connectivity index (χ3n) is 1.69. The van der Waals surface area contributed by atoms with Crippen LogP contribution in [-0.2, 0) is 5.33 Å². The number of hydrogen-bond donors (Lipinski definition) is 0. The van der Waals surface area contributed by atoms with Crippen LogP contribution in [0.2, 0.25) is 0 Å². The number of benzene rings is 1. The van der Waals surface area contributed by atoms with Crippen LogP contribution in [0, 0.1) is 5.92 Å². The summed E-state index contributed by atoms with van der Waals surface area (Å²) < 4.78 is 5.66. The zero-order chi connectivity index (χ0) is 9.68. The normalized spacial score (nSPS) is 10.5. The maximum absolute atomic E-state index is 5.66. The van der Waals surface area contributed by atoms with E-state index in [0.29, 0.717) is 5.92 Å². The zero-order valence-corrected chi connectivity index (χ0v) is 9.67. The summed E-state index contributed by atoms with van der Waals surface area (Å²) in [6.07, 6.45) is 0. The average Bonchev–Trinajstić information content (AvgIpc) is 2.15. The molecule has 0 bridgehead atoms. The van der Waals surface area contributed by atoms with E-state index in [1.54, 1.807) is 0 Å². The first kappa shape index (κ1) is 10.6. The van der Waals surface area contributed by atoms with E-state index in [9.17, 15) is 0 Å². The second-order valence-corrected chi connectivity index (χ2v) is 4.01. The lowest BCUT2D eigenvalue weighted by molar-refractivity contribution is 0.269. The summed E-state index contributed by atoms with van der Waals surface area (Å²) in [5.74, 6) is 1.57. The zero-order valence-electron chi connectivity index (χ0n) is 8.09. The molecule has 0 N–H and O–H groups in total. The number of hydrogen-bond acceptors (Lipinski definition) is 1. The van der Waals surface area contributed by atoms with E-state index in [2.05, 4.69) is 35.8 Å². The van der Waals surface area contributed by atoms with Gasteiger partial charge in [-0.1, -0.05) is 48.0 Å². The maximum Gasteiger partial charge on any atom is 0.123 e. The van der Waals surface area contributed by atoms with Crippen molar-refractivity contribution < 1.29 is 4.74 Å². The maximum atomic E-state index is 5.66. The van der Waals surface area contributed by atoms with Crippen molar-refractivity contribution in [1.82, 2.24) is 0 Å². The summed E-state index contributed by atoms with van der Waals surface area (Å²) in [6, 6.07) is 8.12. The number of rotatable bonds is 4. The highest BCUT2D eigenvalue weighted by Gasteiger charge is 2.01. The predicted molar refractivity (Wildman–Crippen MR) is 59.4 cm³/mol. The molecule has 0 radical (unpaired) electrons. The second-order valence-electron chi connectivity index (χ2n) is 3.45. The van der Waals surface area contributed by atoms with E-state index in [1.165, 1.54) is 5.56 Å². The molecule has 0 amide bonds. The number of alkyl halides is 1. The SMILES string of the molecule is CC(C)COc1ccccc1CBr. The van der Waals surface area contributed by atoms with Crippen LogP contribution in [0.1, 0.15) is 19.4 Å². The fraction of sp³-hybridized carbons (Fsp3) is 0.455. The van der Waals surface area contributed by atoms with E-state index in [0.717, 1.165) is 17.7 Å². The van der Waals surface area contributed by atoms with Gasteiger partial charge in [0.15, 0.2) is 0 Å². The van der Waals surface area contributed by atoms with Crippen LogP contribution in [0.15, 0.2) is 24.3 Å². The molecule has 0 spiro atoms. The number of halogens is 1. The first-order chi connectivity index (χ1) is 6.24. The van der Waals surface area contributed by atoms with Gasteiger partial charge in [-0.2, -0.15) is 0 Å². The van der Waals surface area contributed by atoms with Crippen LogP contribution < -0.4 is 4.74 Å². The van der Waals surface area contributed by atoms with Crippen molar-refractivity contribution in [3.63, 3.8) is 0 Å². The largest absolute Gasteiger partial charge is 0.493 e. The Morgan fingerprint density at radius 3 is 2.62 bits per heavy atom. The topological polar surface area (TPSA) is 9.23 Å². The number of ether oxygens (including phenoxy) is 1. The quantitative estimate of drug-likeness (QED) is 0.734. The van der Waals surface area contributed by atoms with Gasteiger partial charge in [-0.05, 0) is 12.0 Å². The van der Waals surface area contributed by atoms with Crippen LogP contribution >= 0.6 is 15.9 Å². The van der Waals surface area contributed by atoms with Gasteiger partial charge in [0.05, 0.1) is 6.61 Å². The molecule has 1 nitrogen and oxygen atoms in total. The van der Waals surface area contributed by atoms with E-state index < -0.39 is 0 Å². The molecule has 0 atom stereocenters. The smallest absolute Gasteiger partial charge is 0.123 e. The van der Waals surface area contributed by atoms with Crippen molar-refractivity contribution in [2.75, 3.05) is 6.61 Å². The van der Waals surface area contributed by atoms with Gasteiger partial charge in [0.25, 0.3) is 0 Å². The van der Waals surface area contributed by atoms with Gasteiger partial charge in [0.2, 0.25) is 0 Å². The summed E-state index contributed by atoms with van der Waals surface area (Å²) in [4.78, 5) is 0. The minimum atomic E-state index is 0.573. The molecule has 1 aromatic rings. The fourth-order valence-corrected chi connectivity index (χ4v) is 1.47. The van der Waals surface area contributed by atoms with Crippen LogP contribution in [0.25, 0.3) is 0 Å². The van der Waals surface area contributed by atoms with E-state index in [1.807, 2.05) is 18.2 Å². The first-order valence-electron chi connectivity index (χ1n) is 4.50. The second kappa shape index (κ2) is 5.28. The minimum Gasteiger partial charge on any atom is -0.493 e. The van der Waals surface area contributed by atoms with E-state index >= 15 is 0 Å². The van der Waals surface area contributed by atoms with E-state index in [-0.39, 0.29) is 0 Å². The molecule has 2 heteroatoms. The van der Waals surface area contributed by atoms with Crippen molar-refractivity contribution in [2.24, 2.45) is 5.92 Å². The van der Waals surface area contributed by atoms with Gasteiger partial charge in [0, 0.05) is 10.9 Å². The molecule has 0 fully saturated rings. The van der Waals surface area contributed by atoms with Crippen molar-refractivity contribution in [1.29, 1.82) is 0 Å². The molecule has 1 aromatic carbocycles. The summed E-state index contributed by atoms with van der Waals surface area (Å²) in [5, 5.41) is 0.848. The monoisotopic (exact) mass is 242 g/mol. The predicted octanol–water partition coefficient (Wildman–Crippen LogP) is 3.62. The van der Waals surface area contributed by atoms with Gasteiger partial charge in [-0.3, -0.25) is 0 Å². The van der Waals surface area contributed by atoms with Crippen LogP contribution in [0.5, 0.6) is 5.75 Å². The Bertz CT molecular complexity index is 258. The molecule has 0 aromatic heterocycles. The summed E-state index contributed by atoms with van der Waals surface area (Å²) >= 11 is 3.44. The van der Waals surface area contributed by atoms with Crippen LogP contribution in [-0.4, -0.2) is 6.61 Å². The Morgan fingerprint density at radius 2 is 2.00 bits per heavy atom. The van der Waals surface area contributed by atoms with Crippen molar-refractivity contribution in [3.8, 4) is 5.75 Å². The van der Waals surface area contributed by atoms with Gasteiger partial charge in [-0.15, -0.1) is 0 Å². The summed E-state index contributed by atoms with van der Waals surface area (Å²) in [7, 11) is 0. The summed E-state index contributed by atoms with van der Waals surface area (Å²) in [5.41, 5.74) is 1.21. The first-order valence-corrected chi connectivity index (χ1v) is 5.63. The number of para-hydroxylation sites is 1. The highest BCUT2D eigenvalue weighted by Crippen LogP contribution is 2.20. The molecule has 72 valence electrons. The lowest BCUT2D eigenvalue weighted by atomic mass is 10.2. The standard InChI is InChI=1S/C11H15BrO/c1-9(2)8-13-11-6-4-3-5-10(11)7-12/h3-6,9H,7-8H2,1-2H3. The lowest BCUT2D eigenvalue weighted by Crippen LogP contribution is -2.05. The molecule has 0 unspecified atom stereocenters. The Balaban J connectivity index is 2.64. The van der Waals surface area contributed by atoms with Crippen LogP contribution in [0.4, 0.5) is 0 Å². The van der Waals surface area contributed by atoms with Gasteiger partial charge in [-0.25, -0.2) is 0 Å². The molecule has 1 rings (SSSR count). The van der Waals surface area contributed by atoms with Gasteiger partial charge in [0.1, 0.15) is 5.75 Å². The van der Waals surface area contributed by atoms with E-state index in [4.69, 9.17) is 4.74 Å². The Hall–Kier alpha value is -0.500. The molecular weight excluding hydrogens is 228 g/mol. The molecule has 0 aliphatic carbocycles. The molecule has 0 aliphatic heterocycles. The van der Waals surface area contributed by atoms with Crippen molar-refractivity contribution in [2.45, 2.75) is 19.2 Å². The fourth-order valence-electron chi connectivity index (χ4n) is 1.01.